The van der Waals surface area contributed by atoms with Gasteiger partial charge in [0.05, 0.1) is 11.4 Å². The predicted molar refractivity (Wildman–Crippen MR) is 106 cm³/mol. The molecule has 1 amide bonds. The van der Waals surface area contributed by atoms with Crippen molar-refractivity contribution in [2.45, 2.75) is 31.8 Å². The monoisotopic (exact) mass is 366 g/mol. The van der Waals surface area contributed by atoms with Crippen molar-refractivity contribution >= 4 is 23.4 Å². The van der Waals surface area contributed by atoms with E-state index in [1.165, 1.54) is 17.3 Å². The zero-order valence-electron chi connectivity index (χ0n) is 15.1. The quantitative estimate of drug-likeness (QED) is 0.656. The topological polar surface area (TPSA) is 59.8 Å². The number of thioether (sulfide) groups is 1. The van der Waals surface area contributed by atoms with Gasteiger partial charge in [0.25, 0.3) is 0 Å². The number of hydrogen-bond acceptors (Lipinski definition) is 4. The van der Waals surface area contributed by atoms with Gasteiger partial charge in [0.1, 0.15) is 6.33 Å². The summed E-state index contributed by atoms with van der Waals surface area (Å²) in [5, 5.41) is 11.8. The minimum absolute atomic E-state index is 0.0633. The molecule has 6 heteroatoms. The van der Waals surface area contributed by atoms with E-state index in [-0.39, 0.29) is 11.7 Å². The molecule has 0 unspecified atom stereocenters. The van der Waals surface area contributed by atoms with Crippen molar-refractivity contribution in [3.8, 4) is 5.69 Å². The van der Waals surface area contributed by atoms with Crippen LogP contribution in [-0.4, -0.2) is 26.4 Å². The first-order chi connectivity index (χ1) is 12.5. The largest absolute Gasteiger partial charge is 0.325 e. The molecule has 0 atom stereocenters. The molecule has 0 aliphatic heterocycles. The summed E-state index contributed by atoms with van der Waals surface area (Å²) in [6.45, 7) is 6.33. The number of carbonyl (C=O) groups is 1. The second-order valence-corrected chi connectivity index (χ2v) is 7.33. The molecule has 0 radical (unpaired) electrons. The third-order valence-electron chi connectivity index (χ3n) is 4.08. The van der Waals surface area contributed by atoms with Gasteiger partial charge in [-0.25, -0.2) is 0 Å². The molecule has 0 bridgehead atoms. The number of carbonyl (C=O) groups excluding carboxylic acids is 1. The number of nitrogens with zero attached hydrogens (tertiary/aromatic N) is 3. The van der Waals surface area contributed by atoms with Crippen molar-refractivity contribution in [1.29, 1.82) is 0 Å². The Kier molecular flexibility index (Phi) is 5.73. The Labute approximate surface area is 157 Å². The summed E-state index contributed by atoms with van der Waals surface area (Å²) in [4.78, 5) is 12.3. The lowest BCUT2D eigenvalue weighted by Crippen LogP contribution is -2.14. The first-order valence-electron chi connectivity index (χ1n) is 8.53. The minimum Gasteiger partial charge on any atom is -0.325 e. The summed E-state index contributed by atoms with van der Waals surface area (Å²) < 4.78 is 1.91. The van der Waals surface area contributed by atoms with E-state index in [0.29, 0.717) is 11.1 Å². The molecular weight excluding hydrogens is 344 g/mol. The average Bonchev–Trinajstić information content (AvgIpc) is 3.09. The number of hydrogen-bond donors (Lipinski definition) is 1. The van der Waals surface area contributed by atoms with Crippen LogP contribution in [-0.2, 0) is 4.79 Å². The Hall–Kier alpha value is -2.60. The van der Waals surface area contributed by atoms with Crippen LogP contribution in [0.3, 0.4) is 0 Å². The van der Waals surface area contributed by atoms with Gasteiger partial charge in [0.2, 0.25) is 5.91 Å². The number of para-hydroxylation sites is 1. The number of amides is 1. The van der Waals surface area contributed by atoms with E-state index >= 15 is 0 Å². The molecule has 0 aliphatic carbocycles. The van der Waals surface area contributed by atoms with Crippen molar-refractivity contribution in [2.24, 2.45) is 0 Å². The van der Waals surface area contributed by atoms with E-state index in [1.807, 2.05) is 60.0 Å². The van der Waals surface area contributed by atoms with E-state index in [2.05, 4.69) is 29.4 Å². The van der Waals surface area contributed by atoms with Crippen LogP contribution in [0.2, 0.25) is 0 Å². The fraction of sp³-hybridized carbons (Fsp3) is 0.250. The number of aryl methyl sites for hydroxylation is 1. The van der Waals surface area contributed by atoms with Crippen molar-refractivity contribution < 1.29 is 4.79 Å². The normalized spacial score (nSPS) is 10.9. The fourth-order valence-electron chi connectivity index (χ4n) is 2.60. The van der Waals surface area contributed by atoms with Gasteiger partial charge in [0.15, 0.2) is 5.16 Å². The third kappa shape index (κ3) is 4.32. The second kappa shape index (κ2) is 8.19. The predicted octanol–water partition coefficient (Wildman–Crippen LogP) is 4.43. The van der Waals surface area contributed by atoms with Crippen LogP contribution in [0.4, 0.5) is 5.69 Å². The van der Waals surface area contributed by atoms with Crippen molar-refractivity contribution in [3.05, 3.63) is 66.0 Å². The average molecular weight is 366 g/mol. The summed E-state index contributed by atoms with van der Waals surface area (Å²) in [5.41, 5.74) is 4.21. The van der Waals surface area contributed by atoms with Crippen LogP contribution in [0.5, 0.6) is 0 Å². The molecule has 5 nitrogen and oxygen atoms in total. The molecule has 3 aromatic rings. The van der Waals surface area contributed by atoms with Crippen molar-refractivity contribution in [3.63, 3.8) is 0 Å². The van der Waals surface area contributed by atoms with Gasteiger partial charge in [0, 0.05) is 5.69 Å². The molecule has 1 aromatic heterocycles. The molecule has 134 valence electrons. The molecule has 0 saturated carbocycles. The van der Waals surface area contributed by atoms with Gasteiger partial charge in [-0.2, -0.15) is 0 Å². The summed E-state index contributed by atoms with van der Waals surface area (Å²) in [5.74, 6) is 0.686. The maximum Gasteiger partial charge on any atom is 0.234 e. The van der Waals surface area contributed by atoms with Gasteiger partial charge in [-0.3, -0.25) is 9.36 Å². The molecule has 1 heterocycles. The zero-order valence-corrected chi connectivity index (χ0v) is 16.0. The molecule has 3 rings (SSSR count). The number of aromatic nitrogens is 3. The Morgan fingerprint density at radius 2 is 1.88 bits per heavy atom. The molecule has 26 heavy (non-hydrogen) atoms. The van der Waals surface area contributed by atoms with Gasteiger partial charge in [-0.1, -0.05) is 55.9 Å². The van der Waals surface area contributed by atoms with Crippen LogP contribution in [0.15, 0.2) is 60.0 Å². The molecule has 0 aliphatic rings. The summed E-state index contributed by atoms with van der Waals surface area (Å²) >= 11 is 1.37. The lowest BCUT2D eigenvalue weighted by Gasteiger charge is -2.10. The fourth-order valence-corrected chi connectivity index (χ4v) is 3.32. The number of rotatable bonds is 6. The summed E-state index contributed by atoms with van der Waals surface area (Å²) in [6.07, 6.45) is 1.67. The van der Waals surface area contributed by atoms with E-state index < -0.39 is 0 Å². The standard InChI is InChI=1S/C20H22N4OS/c1-14(2)16-8-10-17(11-9-16)22-19(25)12-26-20-23-21-13-24(20)18-7-5-4-6-15(18)3/h4-11,13-14H,12H2,1-3H3,(H,22,25). The second-order valence-electron chi connectivity index (χ2n) is 6.38. The first kappa shape index (κ1) is 18.2. The van der Waals surface area contributed by atoms with E-state index in [0.717, 1.165) is 16.9 Å². The van der Waals surface area contributed by atoms with Crippen molar-refractivity contribution in [1.82, 2.24) is 14.8 Å². The molecule has 0 fully saturated rings. The highest BCUT2D eigenvalue weighted by Gasteiger charge is 2.11. The van der Waals surface area contributed by atoms with Crippen LogP contribution in [0, 0.1) is 6.92 Å². The van der Waals surface area contributed by atoms with Gasteiger partial charge in [-0.05, 0) is 42.2 Å². The van der Waals surface area contributed by atoms with Crippen LogP contribution >= 0.6 is 11.8 Å². The van der Waals surface area contributed by atoms with Gasteiger partial charge in [-0.15, -0.1) is 10.2 Å². The van der Waals surface area contributed by atoms with Crippen LogP contribution < -0.4 is 5.32 Å². The Morgan fingerprint density at radius 1 is 1.15 bits per heavy atom. The van der Waals surface area contributed by atoms with E-state index in [9.17, 15) is 4.79 Å². The van der Waals surface area contributed by atoms with Crippen molar-refractivity contribution in [2.75, 3.05) is 11.1 Å². The number of nitrogens with one attached hydrogen (secondary N) is 1. The lowest BCUT2D eigenvalue weighted by molar-refractivity contribution is -0.113. The van der Waals surface area contributed by atoms with Crippen LogP contribution in [0.1, 0.15) is 30.9 Å². The summed E-state index contributed by atoms with van der Waals surface area (Å²) in [7, 11) is 0. The zero-order chi connectivity index (χ0) is 18.5. The Bertz CT molecular complexity index is 887. The number of anilines is 1. The Morgan fingerprint density at radius 3 is 2.58 bits per heavy atom. The maximum atomic E-state index is 12.3. The molecule has 0 spiro atoms. The molecule has 1 N–H and O–H groups in total. The van der Waals surface area contributed by atoms with E-state index in [1.54, 1.807) is 6.33 Å². The smallest absolute Gasteiger partial charge is 0.234 e. The maximum absolute atomic E-state index is 12.3. The highest BCUT2D eigenvalue weighted by Crippen LogP contribution is 2.22. The van der Waals surface area contributed by atoms with Gasteiger partial charge < -0.3 is 5.32 Å². The third-order valence-corrected chi connectivity index (χ3v) is 5.03. The van der Waals surface area contributed by atoms with Crippen LogP contribution in [0.25, 0.3) is 5.69 Å². The highest BCUT2D eigenvalue weighted by molar-refractivity contribution is 7.99. The molecule has 0 saturated heterocycles. The van der Waals surface area contributed by atoms with E-state index in [4.69, 9.17) is 0 Å². The molecule has 2 aromatic carbocycles. The highest BCUT2D eigenvalue weighted by atomic mass is 32.2. The first-order valence-corrected chi connectivity index (χ1v) is 9.52. The SMILES string of the molecule is Cc1ccccc1-n1cnnc1SCC(=O)Nc1ccc(C(C)C)cc1. The van der Waals surface area contributed by atoms with Gasteiger partial charge >= 0.3 is 0 Å². The lowest BCUT2D eigenvalue weighted by atomic mass is 10.0. The molecular formula is C20H22N4OS. The number of benzene rings is 2. The minimum atomic E-state index is -0.0633. The Balaban J connectivity index is 1.62. The summed E-state index contributed by atoms with van der Waals surface area (Å²) in [6, 6.07) is 16.0.